The molecule has 2 fully saturated rings. The van der Waals surface area contributed by atoms with Crippen LogP contribution in [0.4, 0.5) is 17.1 Å². The third kappa shape index (κ3) is 3.66. The Labute approximate surface area is 223 Å². The maximum absolute atomic E-state index is 14.7. The van der Waals surface area contributed by atoms with E-state index in [-0.39, 0.29) is 5.69 Å². The van der Waals surface area contributed by atoms with E-state index < -0.39 is 34.3 Å². The number of imide groups is 1. The Morgan fingerprint density at radius 1 is 0.821 bits per heavy atom. The summed E-state index contributed by atoms with van der Waals surface area (Å²) >= 11 is 0. The largest absolute Gasteiger partial charge is 0.497 e. The predicted molar refractivity (Wildman–Crippen MR) is 143 cm³/mol. The van der Waals surface area contributed by atoms with Gasteiger partial charge in [-0.2, -0.15) is 0 Å². The molecule has 0 bridgehead atoms. The number of amides is 2. The molecule has 3 atom stereocenters. The number of non-ortho nitro benzene ring substituents is 1. The topological polar surface area (TPSA) is 102 Å². The summed E-state index contributed by atoms with van der Waals surface area (Å²) in [5, 5.41) is 13.0. The lowest BCUT2D eigenvalue weighted by molar-refractivity contribution is -0.384. The fraction of sp³-hybridized carbons (Fsp3) is 0.133. The number of hydroxylamine groups is 1. The molecule has 2 amide bonds. The van der Waals surface area contributed by atoms with Crippen molar-refractivity contribution in [3.63, 3.8) is 0 Å². The summed E-state index contributed by atoms with van der Waals surface area (Å²) in [6.45, 7) is 0. The second-order valence-corrected chi connectivity index (χ2v) is 9.31. The van der Waals surface area contributed by atoms with Crippen LogP contribution >= 0.6 is 0 Å². The summed E-state index contributed by atoms with van der Waals surface area (Å²) < 4.78 is 5.35. The molecule has 4 aromatic rings. The van der Waals surface area contributed by atoms with Crippen molar-refractivity contribution in [3.8, 4) is 5.75 Å². The van der Waals surface area contributed by atoms with E-state index in [9.17, 15) is 19.7 Å². The molecule has 0 unspecified atom stereocenters. The Morgan fingerprint density at radius 3 is 1.97 bits per heavy atom. The summed E-state index contributed by atoms with van der Waals surface area (Å²) in [5.41, 5.74) is 0.549. The number of benzene rings is 4. The maximum Gasteiger partial charge on any atom is 0.269 e. The number of hydrogen-bond donors (Lipinski definition) is 0. The lowest BCUT2D eigenvalue weighted by atomic mass is 9.69. The van der Waals surface area contributed by atoms with Crippen LogP contribution in [0, 0.1) is 10.1 Å². The van der Waals surface area contributed by atoms with E-state index in [0.29, 0.717) is 28.3 Å². The number of methoxy groups -OCH3 is 1. The highest BCUT2D eigenvalue weighted by Crippen LogP contribution is 2.57. The van der Waals surface area contributed by atoms with Crippen LogP contribution in [0.3, 0.4) is 0 Å². The van der Waals surface area contributed by atoms with Gasteiger partial charge in [-0.25, -0.2) is 9.96 Å². The summed E-state index contributed by atoms with van der Waals surface area (Å²) in [7, 11) is 1.56. The van der Waals surface area contributed by atoms with Gasteiger partial charge >= 0.3 is 0 Å². The quantitative estimate of drug-likeness (QED) is 0.200. The van der Waals surface area contributed by atoms with Crippen LogP contribution in [-0.4, -0.2) is 30.0 Å². The van der Waals surface area contributed by atoms with Crippen LogP contribution in [0.25, 0.3) is 0 Å². The van der Waals surface area contributed by atoms with Crippen LogP contribution in [0.2, 0.25) is 0 Å². The molecule has 9 nitrogen and oxygen atoms in total. The van der Waals surface area contributed by atoms with Gasteiger partial charge in [0.05, 0.1) is 23.4 Å². The van der Waals surface area contributed by atoms with Gasteiger partial charge in [-0.05, 0) is 47.5 Å². The summed E-state index contributed by atoms with van der Waals surface area (Å²) in [5.74, 6) is -0.358. The van der Waals surface area contributed by atoms with Gasteiger partial charge in [-0.15, -0.1) is 0 Å². The van der Waals surface area contributed by atoms with E-state index in [2.05, 4.69) is 0 Å². The van der Waals surface area contributed by atoms with Gasteiger partial charge < -0.3 is 4.74 Å². The molecule has 9 heteroatoms. The van der Waals surface area contributed by atoms with Gasteiger partial charge in [0.15, 0.2) is 6.10 Å². The van der Waals surface area contributed by atoms with Crippen LogP contribution in [0.1, 0.15) is 17.2 Å². The minimum atomic E-state index is -1.55. The smallest absolute Gasteiger partial charge is 0.269 e. The van der Waals surface area contributed by atoms with Crippen LogP contribution in [0.5, 0.6) is 5.75 Å². The SMILES string of the molecule is COc1ccc([C@H]2N(c3ccccc3)O[C@@H]3C(=O)N(c4ccccc4)C(=O)[C@@]32c2ccc([N+](=O)[O-])cc2)cc1. The molecule has 0 aromatic heterocycles. The maximum atomic E-state index is 14.7. The van der Waals surface area contributed by atoms with Crippen molar-refractivity contribution in [1.29, 1.82) is 0 Å². The Hall–Kier alpha value is -5.02. The second kappa shape index (κ2) is 9.38. The van der Waals surface area contributed by atoms with Crippen LogP contribution < -0.4 is 14.7 Å². The Kier molecular flexibility index (Phi) is 5.85. The molecule has 0 aliphatic carbocycles. The van der Waals surface area contributed by atoms with E-state index in [0.717, 1.165) is 4.90 Å². The zero-order chi connectivity index (χ0) is 27.1. The summed E-state index contributed by atoms with van der Waals surface area (Å²) in [6.07, 6.45) is -1.22. The molecule has 194 valence electrons. The standard InChI is InChI=1S/C30H23N3O6/c1-38-25-18-12-20(13-19-25)26-30(21-14-16-24(17-15-21)33(36)37)27(39-32(26)23-10-6-3-7-11-23)28(34)31(29(30)35)22-8-4-2-5-9-22/h2-19,26-27H,1H3/t26-,27-,30-/m1/s1. The third-order valence-corrected chi connectivity index (χ3v) is 7.31. The molecule has 0 radical (unpaired) electrons. The molecular formula is C30H23N3O6. The first-order valence-electron chi connectivity index (χ1n) is 12.3. The summed E-state index contributed by atoms with van der Waals surface area (Å²) in [4.78, 5) is 47.2. The van der Waals surface area contributed by atoms with E-state index in [1.807, 2.05) is 42.5 Å². The first-order chi connectivity index (χ1) is 19.0. The minimum absolute atomic E-state index is 0.122. The van der Waals surface area contributed by atoms with Crippen molar-refractivity contribution < 1.29 is 24.1 Å². The number of carbonyl (C=O) groups is 2. The highest BCUT2D eigenvalue weighted by molar-refractivity contribution is 6.28. The summed E-state index contributed by atoms with van der Waals surface area (Å²) in [6, 6.07) is 30.1. The van der Waals surface area contributed by atoms with Crippen molar-refractivity contribution in [1.82, 2.24) is 0 Å². The number of nitro benzene ring substituents is 1. The van der Waals surface area contributed by atoms with Gasteiger partial charge in [0.1, 0.15) is 17.2 Å². The van der Waals surface area contributed by atoms with Crippen molar-refractivity contribution in [2.45, 2.75) is 17.6 Å². The first-order valence-corrected chi connectivity index (χ1v) is 12.3. The normalized spacial score (nSPS) is 22.2. The van der Waals surface area contributed by atoms with Crippen molar-refractivity contribution >= 4 is 28.9 Å². The number of rotatable bonds is 6. The molecule has 6 rings (SSSR count). The Bertz CT molecular complexity index is 1540. The van der Waals surface area contributed by atoms with Gasteiger partial charge in [0, 0.05) is 12.1 Å². The van der Waals surface area contributed by atoms with Crippen LogP contribution in [-0.2, 0) is 19.8 Å². The van der Waals surface area contributed by atoms with Crippen molar-refractivity contribution in [2.75, 3.05) is 17.1 Å². The molecular weight excluding hydrogens is 498 g/mol. The molecule has 2 heterocycles. The number of para-hydroxylation sites is 2. The number of anilines is 2. The van der Waals surface area contributed by atoms with Gasteiger partial charge in [0.2, 0.25) is 5.91 Å². The monoisotopic (exact) mass is 521 g/mol. The van der Waals surface area contributed by atoms with Crippen LogP contribution in [0.15, 0.2) is 109 Å². The van der Waals surface area contributed by atoms with E-state index in [4.69, 9.17) is 9.57 Å². The van der Waals surface area contributed by atoms with Gasteiger partial charge in [-0.3, -0.25) is 24.5 Å². The number of nitro groups is 1. The second-order valence-electron chi connectivity index (χ2n) is 9.31. The molecule has 0 saturated carbocycles. The average Bonchev–Trinajstić information content (AvgIpc) is 3.45. The fourth-order valence-corrected chi connectivity index (χ4v) is 5.54. The fourth-order valence-electron chi connectivity index (χ4n) is 5.54. The molecule has 0 N–H and O–H groups in total. The molecule has 2 saturated heterocycles. The molecule has 0 spiro atoms. The van der Waals surface area contributed by atoms with E-state index >= 15 is 0 Å². The average molecular weight is 522 g/mol. The van der Waals surface area contributed by atoms with E-state index in [1.165, 1.54) is 12.1 Å². The highest BCUT2D eigenvalue weighted by atomic mass is 16.7. The molecule has 39 heavy (non-hydrogen) atoms. The highest BCUT2D eigenvalue weighted by Gasteiger charge is 2.72. The minimum Gasteiger partial charge on any atom is -0.497 e. The van der Waals surface area contributed by atoms with Gasteiger partial charge in [-0.1, -0.05) is 60.7 Å². The lowest BCUT2D eigenvalue weighted by Crippen LogP contribution is -2.46. The number of fused-ring (bicyclic) bond motifs is 1. The number of nitrogens with zero attached hydrogens (tertiary/aromatic N) is 3. The third-order valence-electron chi connectivity index (χ3n) is 7.31. The Morgan fingerprint density at radius 2 is 1.41 bits per heavy atom. The van der Waals surface area contributed by atoms with E-state index in [1.54, 1.807) is 66.8 Å². The number of carbonyl (C=O) groups excluding carboxylic acids is 2. The van der Waals surface area contributed by atoms with Crippen molar-refractivity contribution in [3.05, 3.63) is 130 Å². The number of ether oxygens (including phenoxy) is 1. The first kappa shape index (κ1) is 24.3. The van der Waals surface area contributed by atoms with Gasteiger partial charge in [0.25, 0.3) is 11.6 Å². The molecule has 4 aromatic carbocycles. The lowest BCUT2D eigenvalue weighted by Gasteiger charge is -2.35. The zero-order valence-corrected chi connectivity index (χ0v) is 20.8. The number of hydrogen-bond acceptors (Lipinski definition) is 7. The van der Waals surface area contributed by atoms with Crippen molar-refractivity contribution in [2.24, 2.45) is 0 Å². The Balaban J connectivity index is 1.62. The molecule has 2 aliphatic rings. The predicted octanol–water partition coefficient (Wildman–Crippen LogP) is 4.98. The zero-order valence-electron chi connectivity index (χ0n) is 20.8. The molecule has 2 aliphatic heterocycles.